The van der Waals surface area contributed by atoms with Crippen LogP contribution in [0.2, 0.25) is 0 Å². The Balaban J connectivity index is 2.41. The van der Waals surface area contributed by atoms with Crippen LogP contribution >= 0.6 is 0 Å². The van der Waals surface area contributed by atoms with Gasteiger partial charge in [-0.25, -0.2) is 4.98 Å². The summed E-state index contributed by atoms with van der Waals surface area (Å²) in [5.41, 5.74) is 8.04. The highest BCUT2D eigenvalue weighted by Gasteiger charge is 2.15. The highest BCUT2D eigenvalue weighted by Crippen LogP contribution is 2.15. The summed E-state index contributed by atoms with van der Waals surface area (Å²) in [7, 11) is 1.66. The first kappa shape index (κ1) is 11.9. The maximum atomic E-state index is 6.07. The molecule has 0 amide bonds. The summed E-state index contributed by atoms with van der Waals surface area (Å²) in [5.74, 6) is 1.34. The fraction of sp³-hybridized carbons (Fsp3) is 0.545. The molecule has 0 aliphatic heterocycles. The van der Waals surface area contributed by atoms with Gasteiger partial charge in [-0.1, -0.05) is 0 Å². The number of fused-ring (bicyclic) bond motifs is 1. The second-order valence-electron chi connectivity index (χ2n) is 4.12. The molecular weight excluding hydrogens is 218 g/mol. The van der Waals surface area contributed by atoms with Crippen LogP contribution in [0.1, 0.15) is 29.7 Å². The molecule has 2 N–H and O–H groups in total. The van der Waals surface area contributed by atoms with Gasteiger partial charge in [0, 0.05) is 25.1 Å². The quantitative estimate of drug-likeness (QED) is 0.847. The Morgan fingerprint density at radius 1 is 1.41 bits per heavy atom. The molecule has 0 aromatic carbocycles. The number of aromatic nitrogens is 4. The minimum absolute atomic E-state index is 0.187. The highest BCUT2D eigenvalue weighted by atomic mass is 16.5. The normalized spacial score (nSPS) is 13.2. The Bertz CT molecular complexity index is 522. The summed E-state index contributed by atoms with van der Waals surface area (Å²) in [6, 6.07) is 1.80. The average molecular weight is 235 g/mol. The topological polar surface area (TPSA) is 78.3 Å². The van der Waals surface area contributed by atoms with E-state index in [0.29, 0.717) is 18.8 Å². The van der Waals surface area contributed by atoms with Gasteiger partial charge in [0.25, 0.3) is 5.78 Å². The fourth-order valence-electron chi connectivity index (χ4n) is 1.87. The average Bonchev–Trinajstić information content (AvgIpc) is 2.69. The molecule has 6 nitrogen and oxygen atoms in total. The van der Waals surface area contributed by atoms with Crippen molar-refractivity contribution in [1.29, 1.82) is 0 Å². The second-order valence-corrected chi connectivity index (χ2v) is 4.12. The Morgan fingerprint density at radius 2 is 2.18 bits per heavy atom. The van der Waals surface area contributed by atoms with Crippen molar-refractivity contribution in [3.05, 3.63) is 23.3 Å². The summed E-state index contributed by atoms with van der Waals surface area (Å²) in [5, 5.41) is 8.17. The van der Waals surface area contributed by atoms with E-state index >= 15 is 0 Å². The molecule has 92 valence electrons. The molecule has 17 heavy (non-hydrogen) atoms. The number of nitrogens with two attached hydrogens (primary N) is 1. The van der Waals surface area contributed by atoms with Crippen molar-refractivity contribution in [3.8, 4) is 0 Å². The van der Waals surface area contributed by atoms with Crippen LogP contribution in [0.3, 0.4) is 0 Å². The van der Waals surface area contributed by atoms with Crippen molar-refractivity contribution in [1.82, 2.24) is 19.6 Å². The molecule has 0 radical (unpaired) electrons. The minimum atomic E-state index is -0.187. The third-order valence-electron chi connectivity index (χ3n) is 2.68. The van der Waals surface area contributed by atoms with Crippen LogP contribution < -0.4 is 5.73 Å². The second kappa shape index (κ2) is 4.77. The van der Waals surface area contributed by atoms with Crippen molar-refractivity contribution in [3.63, 3.8) is 0 Å². The van der Waals surface area contributed by atoms with Crippen molar-refractivity contribution < 1.29 is 4.74 Å². The number of hydrogen-bond donors (Lipinski definition) is 1. The van der Waals surface area contributed by atoms with Gasteiger partial charge in [0.1, 0.15) is 0 Å². The molecule has 2 aromatic rings. The van der Waals surface area contributed by atoms with E-state index in [-0.39, 0.29) is 6.04 Å². The SMILES string of the molecule is COCCC(N)c1nnc2nc(C)cc(C)n12. The van der Waals surface area contributed by atoms with E-state index in [2.05, 4.69) is 15.2 Å². The Labute approximate surface area is 99.8 Å². The third-order valence-corrected chi connectivity index (χ3v) is 2.68. The molecule has 0 fully saturated rings. The Hall–Kier alpha value is -1.53. The minimum Gasteiger partial charge on any atom is -0.385 e. The molecule has 0 saturated heterocycles. The van der Waals surface area contributed by atoms with Crippen LogP contribution in [-0.2, 0) is 4.74 Å². The number of rotatable bonds is 4. The smallest absolute Gasteiger partial charge is 0.255 e. The van der Waals surface area contributed by atoms with Crippen molar-refractivity contribution in [2.24, 2.45) is 5.73 Å². The number of methoxy groups -OCH3 is 1. The lowest BCUT2D eigenvalue weighted by Crippen LogP contribution is -2.17. The first-order chi connectivity index (χ1) is 8.13. The largest absolute Gasteiger partial charge is 0.385 e. The van der Waals surface area contributed by atoms with Crippen LogP contribution in [0.25, 0.3) is 5.78 Å². The van der Waals surface area contributed by atoms with E-state index in [1.54, 1.807) is 7.11 Å². The molecule has 2 aromatic heterocycles. The lowest BCUT2D eigenvalue weighted by atomic mass is 10.2. The zero-order valence-corrected chi connectivity index (χ0v) is 10.3. The maximum absolute atomic E-state index is 6.07. The molecular formula is C11H17N5O. The first-order valence-corrected chi connectivity index (χ1v) is 5.57. The van der Waals surface area contributed by atoms with E-state index in [9.17, 15) is 0 Å². The summed E-state index contributed by atoms with van der Waals surface area (Å²) < 4.78 is 6.92. The predicted octanol–water partition coefficient (Wildman–Crippen LogP) is 0.777. The van der Waals surface area contributed by atoms with Gasteiger partial charge in [-0.2, -0.15) is 0 Å². The molecule has 6 heteroatoms. The van der Waals surface area contributed by atoms with E-state index < -0.39 is 0 Å². The van der Waals surface area contributed by atoms with Crippen LogP contribution in [-0.4, -0.2) is 33.3 Å². The highest BCUT2D eigenvalue weighted by molar-refractivity contribution is 5.33. The lowest BCUT2D eigenvalue weighted by molar-refractivity contribution is 0.187. The van der Waals surface area contributed by atoms with Gasteiger partial charge in [-0.15, -0.1) is 10.2 Å². The van der Waals surface area contributed by atoms with E-state index in [1.165, 1.54) is 0 Å². The Morgan fingerprint density at radius 3 is 2.88 bits per heavy atom. The standard InChI is InChI=1S/C11H17N5O/c1-7-6-8(2)16-10(9(12)4-5-17-3)14-15-11(16)13-7/h6,9H,4-5,12H2,1-3H3. The molecule has 1 atom stereocenters. The van der Waals surface area contributed by atoms with Crippen molar-refractivity contribution in [2.45, 2.75) is 26.3 Å². The molecule has 0 spiro atoms. The molecule has 1 unspecified atom stereocenters. The van der Waals surface area contributed by atoms with Crippen LogP contribution in [0, 0.1) is 13.8 Å². The molecule has 0 aliphatic rings. The van der Waals surface area contributed by atoms with Crippen LogP contribution in [0.5, 0.6) is 0 Å². The van der Waals surface area contributed by atoms with Gasteiger partial charge in [-0.05, 0) is 26.3 Å². The molecule has 2 rings (SSSR count). The zero-order chi connectivity index (χ0) is 12.4. The molecule has 2 heterocycles. The lowest BCUT2D eigenvalue weighted by Gasteiger charge is -2.10. The maximum Gasteiger partial charge on any atom is 0.255 e. The number of aryl methyl sites for hydroxylation is 2. The van der Waals surface area contributed by atoms with E-state index in [0.717, 1.165) is 17.2 Å². The van der Waals surface area contributed by atoms with Crippen molar-refractivity contribution >= 4 is 5.78 Å². The monoisotopic (exact) mass is 235 g/mol. The number of hydrogen-bond acceptors (Lipinski definition) is 5. The zero-order valence-electron chi connectivity index (χ0n) is 10.3. The van der Waals surface area contributed by atoms with E-state index in [1.807, 2.05) is 24.3 Å². The van der Waals surface area contributed by atoms with E-state index in [4.69, 9.17) is 10.5 Å². The molecule has 0 saturated carbocycles. The predicted molar refractivity (Wildman–Crippen MR) is 63.7 cm³/mol. The van der Waals surface area contributed by atoms with Gasteiger partial charge in [0.05, 0.1) is 6.04 Å². The third kappa shape index (κ3) is 2.27. The van der Waals surface area contributed by atoms with Gasteiger partial charge >= 0.3 is 0 Å². The van der Waals surface area contributed by atoms with Crippen LogP contribution in [0.4, 0.5) is 0 Å². The fourth-order valence-corrected chi connectivity index (χ4v) is 1.87. The number of ether oxygens (including phenoxy) is 1. The molecule has 0 aliphatic carbocycles. The van der Waals surface area contributed by atoms with Gasteiger partial charge in [-0.3, -0.25) is 4.40 Å². The van der Waals surface area contributed by atoms with Gasteiger partial charge < -0.3 is 10.5 Å². The summed E-state index contributed by atoms with van der Waals surface area (Å²) in [4.78, 5) is 4.32. The van der Waals surface area contributed by atoms with Crippen LogP contribution in [0.15, 0.2) is 6.07 Å². The summed E-state index contributed by atoms with van der Waals surface area (Å²) in [6.45, 7) is 4.54. The molecule has 0 bridgehead atoms. The number of nitrogens with zero attached hydrogens (tertiary/aromatic N) is 4. The first-order valence-electron chi connectivity index (χ1n) is 5.57. The summed E-state index contributed by atoms with van der Waals surface area (Å²) >= 11 is 0. The van der Waals surface area contributed by atoms with Gasteiger partial charge in [0.15, 0.2) is 5.82 Å². The Kier molecular flexibility index (Phi) is 3.35. The van der Waals surface area contributed by atoms with Gasteiger partial charge in [0.2, 0.25) is 0 Å². The van der Waals surface area contributed by atoms with Crippen molar-refractivity contribution in [2.75, 3.05) is 13.7 Å². The summed E-state index contributed by atoms with van der Waals surface area (Å²) in [6.07, 6.45) is 0.713.